The van der Waals surface area contributed by atoms with E-state index in [9.17, 15) is 4.79 Å². The van der Waals surface area contributed by atoms with E-state index in [1.54, 1.807) is 24.5 Å². The molecule has 8 nitrogen and oxygen atoms in total. The Bertz CT molecular complexity index is 1530. The number of likely N-dealkylation sites (tertiary alicyclic amines) is 1. The first-order valence-electron chi connectivity index (χ1n) is 12.4. The first-order chi connectivity index (χ1) is 17.9. The van der Waals surface area contributed by atoms with Crippen LogP contribution in [0.5, 0.6) is 5.75 Å². The maximum absolute atomic E-state index is 12.8. The van der Waals surface area contributed by atoms with Gasteiger partial charge in [0.05, 0.1) is 23.2 Å². The number of thiophene rings is 1. The number of benzene rings is 1. The highest BCUT2D eigenvalue weighted by Gasteiger charge is 2.29. The van der Waals surface area contributed by atoms with E-state index in [4.69, 9.17) is 10.5 Å². The van der Waals surface area contributed by atoms with Gasteiger partial charge in [0.2, 0.25) is 5.91 Å². The average molecular weight is 517 g/mol. The van der Waals surface area contributed by atoms with Crippen molar-refractivity contribution < 1.29 is 9.53 Å². The maximum Gasteiger partial charge on any atom is 0.246 e. The molecule has 1 amide bonds. The number of carbonyl (C=O) groups excluding carboxylic acids is 1. The van der Waals surface area contributed by atoms with Gasteiger partial charge in [-0.1, -0.05) is 17.7 Å². The fraction of sp³-hybridized carbons (Fsp3) is 0.321. The molecule has 192 valence electrons. The fourth-order valence-electron chi connectivity index (χ4n) is 4.89. The van der Waals surface area contributed by atoms with Gasteiger partial charge in [-0.15, -0.1) is 11.3 Å². The van der Waals surface area contributed by atoms with Gasteiger partial charge in [0.1, 0.15) is 23.5 Å². The normalized spacial score (nSPS) is 15.7. The third-order valence-corrected chi connectivity index (χ3v) is 7.80. The Morgan fingerprint density at radius 3 is 2.92 bits per heavy atom. The molecule has 0 spiro atoms. The summed E-state index contributed by atoms with van der Waals surface area (Å²) < 4.78 is 8.92. The predicted octanol–water partition coefficient (Wildman–Crippen LogP) is 5.06. The first-order valence-corrected chi connectivity index (χ1v) is 13.2. The molecule has 4 heterocycles. The van der Waals surface area contributed by atoms with Crippen molar-refractivity contribution >= 4 is 44.2 Å². The number of amides is 1. The summed E-state index contributed by atoms with van der Waals surface area (Å²) in [6.07, 6.45) is 9.94. The van der Waals surface area contributed by atoms with Crippen molar-refractivity contribution in [3.8, 4) is 16.2 Å². The van der Waals surface area contributed by atoms with Crippen LogP contribution in [0.3, 0.4) is 0 Å². The minimum Gasteiger partial charge on any atom is -0.495 e. The van der Waals surface area contributed by atoms with Gasteiger partial charge in [-0.2, -0.15) is 0 Å². The smallest absolute Gasteiger partial charge is 0.246 e. The number of carbonyl (C=O) groups is 1. The van der Waals surface area contributed by atoms with Gasteiger partial charge >= 0.3 is 0 Å². The van der Waals surface area contributed by atoms with Gasteiger partial charge in [-0.25, -0.2) is 9.97 Å². The Balaban J connectivity index is 1.44. The highest BCUT2D eigenvalue weighted by atomic mass is 32.1. The number of hydrogen-bond acceptors (Lipinski definition) is 7. The lowest BCUT2D eigenvalue weighted by Crippen LogP contribution is -2.27. The molecule has 0 aliphatic carbocycles. The summed E-state index contributed by atoms with van der Waals surface area (Å²) in [6.45, 7) is 8.06. The molecule has 1 saturated heterocycles. The quantitative estimate of drug-likeness (QED) is 0.263. The van der Waals surface area contributed by atoms with Crippen LogP contribution in [-0.4, -0.2) is 52.1 Å². The van der Waals surface area contributed by atoms with E-state index in [-0.39, 0.29) is 11.9 Å². The van der Waals surface area contributed by atoms with Crippen LogP contribution in [0.2, 0.25) is 0 Å². The van der Waals surface area contributed by atoms with Crippen LogP contribution in [0.1, 0.15) is 31.9 Å². The van der Waals surface area contributed by atoms with Crippen molar-refractivity contribution in [2.24, 2.45) is 0 Å². The summed E-state index contributed by atoms with van der Waals surface area (Å²) in [5.74, 6) is 1.35. The molecule has 9 heteroatoms. The predicted molar refractivity (Wildman–Crippen MR) is 151 cm³/mol. The Morgan fingerprint density at radius 2 is 2.14 bits per heavy atom. The van der Waals surface area contributed by atoms with E-state index in [1.165, 1.54) is 11.9 Å². The van der Waals surface area contributed by atoms with Crippen LogP contribution in [-0.2, 0) is 4.79 Å². The van der Waals surface area contributed by atoms with Gasteiger partial charge in [-0.05, 0) is 56.5 Å². The molecule has 3 aromatic heterocycles. The van der Waals surface area contributed by atoms with Crippen molar-refractivity contribution in [1.82, 2.24) is 24.8 Å². The second-order valence-corrected chi connectivity index (χ2v) is 10.7. The third kappa shape index (κ3) is 4.91. The number of allylic oxidation sites excluding steroid dienone is 1. The number of ether oxygens (including phenoxy) is 1. The SMILES string of the molecule is COc1cc(C)cc2cc(-c3cn(C4CCN(C(=O)/C=C/CNC=C(C)C)C4)c4ncnc(N)c34)sc12. The molecule has 1 aliphatic rings. The zero-order chi connectivity index (χ0) is 26.1. The molecule has 1 aromatic carbocycles. The number of nitrogens with one attached hydrogen (secondary N) is 1. The number of nitrogen functional groups attached to an aromatic ring is 1. The number of nitrogens with two attached hydrogens (primary N) is 1. The van der Waals surface area contributed by atoms with Crippen LogP contribution < -0.4 is 15.8 Å². The van der Waals surface area contributed by atoms with Gasteiger partial charge < -0.3 is 25.3 Å². The van der Waals surface area contributed by atoms with Crippen molar-refractivity contribution in [3.63, 3.8) is 0 Å². The molecular formula is C28H32N6O2S. The van der Waals surface area contributed by atoms with E-state index in [1.807, 2.05) is 31.0 Å². The van der Waals surface area contributed by atoms with Crippen molar-refractivity contribution in [2.75, 3.05) is 32.5 Å². The molecule has 37 heavy (non-hydrogen) atoms. The number of rotatable bonds is 7. The zero-order valence-corrected chi connectivity index (χ0v) is 22.4. The fourth-order valence-corrected chi connectivity index (χ4v) is 6.04. The summed E-state index contributed by atoms with van der Waals surface area (Å²) in [6, 6.07) is 6.51. The van der Waals surface area contributed by atoms with Crippen molar-refractivity contribution in [2.45, 2.75) is 33.2 Å². The monoisotopic (exact) mass is 516 g/mol. The zero-order valence-electron chi connectivity index (χ0n) is 21.6. The molecule has 1 aliphatic heterocycles. The Kier molecular flexibility index (Phi) is 6.88. The van der Waals surface area contributed by atoms with Crippen LogP contribution >= 0.6 is 11.3 Å². The molecule has 1 unspecified atom stereocenters. The Labute approximate surface area is 220 Å². The van der Waals surface area contributed by atoms with E-state index >= 15 is 0 Å². The number of aromatic nitrogens is 3. The summed E-state index contributed by atoms with van der Waals surface area (Å²) in [5.41, 5.74) is 10.5. The highest BCUT2D eigenvalue weighted by Crippen LogP contribution is 2.43. The van der Waals surface area contributed by atoms with Gasteiger partial charge in [0.25, 0.3) is 0 Å². The molecule has 0 radical (unpaired) electrons. The van der Waals surface area contributed by atoms with Crippen LogP contribution in [0.4, 0.5) is 5.82 Å². The summed E-state index contributed by atoms with van der Waals surface area (Å²) >= 11 is 1.68. The Hall–Kier alpha value is -3.85. The maximum atomic E-state index is 12.8. The van der Waals surface area contributed by atoms with Gasteiger partial charge in [0, 0.05) is 42.3 Å². The number of nitrogens with zero attached hydrogens (tertiary/aromatic N) is 4. The van der Waals surface area contributed by atoms with Gasteiger partial charge in [-0.3, -0.25) is 4.79 Å². The molecule has 5 rings (SSSR count). The molecule has 0 saturated carbocycles. The second-order valence-electron chi connectivity index (χ2n) is 9.66. The lowest BCUT2D eigenvalue weighted by atomic mass is 10.1. The van der Waals surface area contributed by atoms with E-state index < -0.39 is 0 Å². The number of fused-ring (bicyclic) bond motifs is 2. The largest absolute Gasteiger partial charge is 0.495 e. The van der Waals surface area contributed by atoms with E-state index in [0.29, 0.717) is 25.5 Å². The van der Waals surface area contributed by atoms with Crippen LogP contribution in [0.25, 0.3) is 31.6 Å². The van der Waals surface area contributed by atoms with Gasteiger partial charge in [0.15, 0.2) is 0 Å². The molecule has 1 atom stereocenters. The third-order valence-electron chi connectivity index (χ3n) is 6.61. The van der Waals surface area contributed by atoms with Crippen LogP contribution in [0, 0.1) is 6.92 Å². The molecule has 3 N–H and O–H groups in total. The summed E-state index contributed by atoms with van der Waals surface area (Å²) in [7, 11) is 1.70. The minimum absolute atomic E-state index is 0.0271. The topological polar surface area (TPSA) is 98.3 Å². The van der Waals surface area contributed by atoms with Crippen LogP contribution in [0.15, 0.2) is 54.6 Å². The summed E-state index contributed by atoms with van der Waals surface area (Å²) in [4.78, 5) is 24.7. The second kappa shape index (κ2) is 10.3. The first kappa shape index (κ1) is 24.8. The molecule has 4 aromatic rings. The molecule has 0 bridgehead atoms. The molecular weight excluding hydrogens is 484 g/mol. The van der Waals surface area contributed by atoms with Crippen molar-refractivity contribution in [3.05, 3.63) is 60.2 Å². The highest BCUT2D eigenvalue weighted by molar-refractivity contribution is 7.22. The Morgan fingerprint density at radius 1 is 1.30 bits per heavy atom. The molecule has 1 fully saturated rings. The lowest BCUT2D eigenvalue weighted by molar-refractivity contribution is -0.125. The van der Waals surface area contributed by atoms with Crippen molar-refractivity contribution in [1.29, 1.82) is 0 Å². The minimum atomic E-state index is 0.0271. The average Bonchev–Trinajstić information content (AvgIpc) is 3.59. The summed E-state index contributed by atoms with van der Waals surface area (Å²) in [5, 5.41) is 5.16. The van der Waals surface area contributed by atoms with E-state index in [2.05, 4.69) is 51.2 Å². The number of aryl methyl sites for hydroxylation is 1. The standard InChI is InChI=1S/C28H32N6O2S/c1-17(2)13-30-8-5-6-24(35)33-9-7-20(14-33)34-15-21(25-27(29)31-16-32-28(25)34)23-12-19-10-18(3)11-22(36-4)26(19)37-23/h5-6,10-13,15-16,20,30H,7-9,14H2,1-4H3,(H2,29,31,32)/b6-5+. The number of methoxy groups -OCH3 is 1. The van der Waals surface area contributed by atoms with E-state index in [0.717, 1.165) is 49.3 Å². The number of anilines is 1. The lowest BCUT2D eigenvalue weighted by Gasteiger charge is -2.16. The number of hydrogen-bond donors (Lipinski definition) is 2.